The summed E-state index contributed by atoms with van der Waals surface area (Å²) < 4.78 is 42.5. The molecule has 0 bridgehead atoms. The van der Waals surface area contributed by atoms with Crippen LogP contribution in [0, 0.1) is 10.8 Å². The summed E-state index contributed by atoms with van der Waals surface area (Å²) >= 11 is 0. The molecule has 1 atom stereocenters. The van der Waals surface area contributed by atoms with Gasteiger partial charge in [0.1, 0.15) is 12.4 Å². The largest absolute Gasteiger partial charge is 0.371 e. The molecule has 0 radical (unpaired) electrons. The molecule has 0 aromatic carbocycles. The van der Waals surface area contributed by atoms with E-state index in [9.17, 15) is 22.8 Å². The van der Waals surface area contributed by atoms with Crippen LogP contribution in [-0.4, -0.2) is 66.7 Å². The number of carbonyl (C=O) groups excluding carboxylic acids is 3. The van der Waals surface area contributed by atoms with Gasteiger partial charge in [0.2, 0.25) is 5.91 Å². The van der Waals surface area contributed by atoms with E-state index < -0.39 is 37.9 Å². The van der Waals surface area contributed by atoms with Gasteiger partial charge in [-0.05, 0) is 53.9 Å². The zero-order chi connectivity index (χ0) is 29.3. The summed E-state index contributed by atoms with van der Waals surface area (Å²) in [5.41, 5.74) is -2.59. The van der Waals surface area contributed by atoms with Crippen molar-refractivity contribution in [2.24, 2.45) is 10.8 Å². The molecule has 0 heterocycles. The van der Waals surface area contributed by atoms with Crippen LogP contribution in [0.2, 0.25) is 0 Å². The molecule has 0 aliphatic rings. The molecule has 0 saturated heterocycles. The van der Waals surface area contributed by atoms with Crippen LogP contribution < -0.4 is 5.32 Å². The van der Waals surface area contributed by atoms with Crippen LogP contribution in [0.25, 0.3) is 0 Å². The molecular weight excluding hydrogens is 498 g/mol. The predicted molar refractivity (Wildman–Crippen MR) is 145 cm³/mol. The van der Waals surface area contributed by atoms with Gasteiger partial charge in [-0.2, -0.15) is 8.42 Å². The Balaban J connectivity index is 5.20. The number of nitrogens with one attached hydrogen (secondary N) is 1. The van der Waals surface area contributed by atoms with E-state index in [4.69, 9.17) is 14.0 Å². The van der Waals surface area contributed by atoms with Crippen molar-refractivity contribution in [3.8, 4) is 0 Å². The van der Waals surface area contributed by atoms with Crippen molar-refractivity contribution in [2.45, 2.75) is 125 Å². The highest BCUT2D eigenvalue weighted by Gasteiger charge is 2.45. The van der Waals surface area contributed by atoms with Crippen molar-refractivity contribution in [1.29, 1.82) is 0 Å². The first kappa shape index (κ1) is 35.6. The van der Waals surface area contributed by atoms with Crippen molar-refractivity contribution in [2.75, 3.05) is 18.9 Å². The number of carbonyl (C=O) groups is 3. The second-order valence-electron chi connectivity index (χ2n) is 12.8. The van der Waals surface area contributed by atoms with Gasteiger partial charge in [0.05, 0.1) is 28.5 Å². The molecule has 1 amide bonds. The van der Waals surface area contributed by atoms with E-state index in [1.807, 2.05) is 69.2 Å². The molecule has 0 aliphatic heterocycles. The molecule has 0 aromatic rings. The molecule has 218 valence electrons. The SMILES string of the molecule is CC(C)(C)OCC(=O)C(C)(C)C(C)(C)OC(CCCCC(=O)NCCS(=O)(=O)O)CCC(=O)C(C)(C)C. The molecule has 0 aliphatic carbocycles. The van der Waals surface area contributed by atoms with Crippen LogP contribution in [0.5, 0.6) is 0 Å². The molecule has 0 spiro atoms. The summed E-state index contributed by atoms with van der Waals surface area (Å²) in [6.45, 7) is 18.6. The zero-order valence-electron chi connectivity index (χ0n) is 24.7. The number of unbranched alkanes of at least 4 members (excludes halogenated alkanes) is 1. The van der Waals surface area contributed by atoms with E-state index in [2.05, 4.69) is 5.32 Å². The third-order valence-electron chi connectivity index (χ3n) is 6.69. The van der Waals surface area contributed by atoms with Crippen LogP contribution in [0.3, 0.4) is 0 Å². The minimum absolute atomic E-state index is 0.0246. The monoisotopic (exact) mass is 549 g/mol. The van der Waals surface area contributed by atoms with E-state index in [1.165, 1.54) is 0 Å². The van der Waals surface area contributed by atoms with E-state index in [0.717, 1.165) is 0 Å². The van der Waals surface area contributed by atoms with Gasteiger partial charge < -0.3 is 14.8 Å². The molecule has 10 heteroatoms. The Morgan fingerprint density at radius 1 is 0.838 bits per heavy atom. The Morgan fingerprint density at radius 2 is 1.41 bits per heavy atom. The molecule has 9 nitrogen and oxygen atoms in total. The number of amides is 1. The van der Waals surface area contributed by atoms with Crippen LogP contribution in [0.4, 0.5) is 0 Å². The zero-order valence-corrected chi connectivity index (χ0v) is 25.5. The van der Waals surface area contributed by atoms with Crippen LogP contribution >= 0.6 is 0 Å². The number of hydrogen-bond acceptors (Lipinski definition) is 7. The molecule has 0 aromatic heterocycles. The fourth-order valence-electron chi connectivity index (χ4n) is 3.36. The smallest absolute Gasteiger partial charge is 0.266 e. The lowest BCUT2D eigenvalue weighted by Crippen LogP contribution is -2.50. The Kier molecular flexibility index (Phi) is 13.6. The number of rotatable bonds is 17. The van der Waals surface area contributed by atoms with Gasteiger partial charge in [0.25, 0.3) is 10.1 Å². The highest BCUT2D eigenvalue weighted by atomic mass is 32.2. The Labute approximate surface area is 224 Å². The molecule has 1 unspecified atom stereocenters. The van der Waals surface area contributed by atoms with Gasteiger partial charge in [-0.1, -0.05) is 41.0 Å². The van der Waals surface area contributed by atoms with Gasteiger partial charge in [0.15, 0.2) is 5.78 Å². The lowest BCUT2D eigenvalue weighted by atomic mass is 9.73. The molecule has 0 rings (SSSR count). The fraction of sp³-hybridized carbons (Fsp3) is 0.889. The van der Waals surface area contributed by atoms with E-state index >= 15 is 0 Å². The number of hydrogen-bond donors (Lipinski definition) is 2. The highest BCUT2D eigenvalue weighted by molar-refractivity contribution is 7.85. The highest BCUT2D eigenvalue weighted by Crippen LogP contribution is 2.37. The lowest BCUT2D eigenvalue weighted by Gasteiger charge is -2.43. The molecule has 0 saturated carbocycles. The van der Waals surface area contributed by atoms with Crippen molar-refractivity contribution >= 4 is 27.6 Å². The molecule has 37 heavy (non-hydrogen) atoms. The van der Waals surface area contributed by atoms with Gasteiger partial charge >= 0.3 is 0 Å². The minimum Gasteiger partial charge on any atom is -0.371 e. The third-order valence-corrected chi connectivity index (χ3v) is 7.41. The topological polar surface area (TPSA) is 136 Å². The van der Waals surface area contributed by atoms with Crippen molar-refractivity contribution < 1.29 is 36.8 Å². The van der Waals surface area contributed by atoms with E-state index in [0.29, 0.717) is 32.1 Å². The Hall–Kier alpha value is -1.36. The normalized spacial score (nSPS) is 14.4. The first-order valence-corrected chi connectivity index (χ1v) is 14.7. The van der Waals surface area contributed by atoms with Crippen LogP contribution in [0.15, 0.2) is 0 Å². The fourth-order valence-corrected chi connectivity index (χ4v) is 3.72. The van der Waals surface area contributed by atoms with Gasteiger partial charge in [-0.3, -0.25) is 18.9 Å². The predicted octanol–water partition coefficient (Wildman–Crippen LogP) is 4.52. The number of Topliss-reactive ketones (excluding diaryl/α,β-unsaturated/α-hetero) is 2. The summed E-state index contributed by atoms with van der Waals surface area (Å²) in [5.74, 6) is -0.764. The van der Waals surface area contributed by atoms with Crippen LogP contribution in [0.1, 0.15) is 108 Å². The van der Waals surface area contributed by atoms with E-state index in [1.54, 1.807) is 0 Å². The van der Waals surface area contributed by atoms with Gasteiger partial charge in [0, 0.05) is 24.8 Å². The molecule has 0 fully saturated rings. The maximum absolute atomic E-state index is 13.1. The number of ether oxygens (including phenoxy) is 2. The lowest BCUT2D eigenvalue weighted by molar-refractivity contribution is -0.169. The average molecular weight is 550 g/mol. The molecule has 2 N–H and O–H groups in total. The molecular formula is C27H51NO8S. The van der Waals surface area contributed by atoms with Crippen molar-refractivity contribution in [1.82, 2.24) is 5.32 Å². The summed E-state index contributed by atoms with van der Waals surface area (Å²) in [6.07, 6.45) is 2.56. The quantitative estimate of drug-likeness (QED) is 0.200. The first-order chi connectivity index (χ1) is 16.5. The average Bonchev–Trinajstić information content (AvgIpc) is 2.70. The van der Waals surface area contributed by atoms with Crippen molar-refractivity contribution in [3.63, 3.8) is 0 Å². The van der Waals surface area contributed by atoms with Crippen LogP contribution in [-0.2, 0) is 34.0 Å². The second kappa shape index (κ2) is 14.1. The standard InChI is InChI=1S/C27H51NO8S/c1-24(2,3)21(29)16-15-20(13-11-12-14-23(31)28-17-18-37(32,33)34)36-27(9,10)26(7,8)22(30)19-35-25(4,5)6/h20H,11-19H2,1-10H3,(H,28,31)(H,32,33,34). The summed E-state index contributed by atoms with van der Waals surface area (Å²) in [6, 6.07) is 0. The summed E-state index contributed by atoms with van der Waals surface area (Å²) in [5, 5.41) is 2.47. The number of ketones is 2. The maximum Gasteiger partial charge on any atom is 0.266 e. The summed E-state index contributed by atoms with van der Waals surface area (Å²) in [4.78, 5) is 37.6. The van der Waals surface area contributed by atoms with Gasteiger partial charge in [-0.15, -0.1) is 0 Å². The second-order valence-corrected chi connectivity index (χ2v) is 14.4. The van der Waals surface area contributed by atoms with E-state index in [-0.39, 0.29) is 43.2 Å². The van der Waals surface area contributed by atoms with Crippen molar-refractivity contribution in [3.05, 3.63) is 0 Å². The Bertz CT molecular complexity index is 864. The first-order valence-electron chi connectivity index (χ1n) is 13.1. The third kappa shape index (κ3) is 15.0. The maximum atomic E-state index is 13.1. The Morgan fingerprint density at radius 3 is 1.89 bits per heavy atom. The minimum atomic E-state index is -4.12. The summed E-state index contributed by atoms with van der Waals surface area (Å²) in [7, 11) is -4.12. The van der Waals surface area contributed by atoms with Gasteiger partial charge in [-0.25, -0.2) is 0 Å².